The summed E-state index contributed by atoms with van der Waals surface area (Å²) in [6.45, 7) is 1.24. The van der Waals surface area contributed by atoms with Gasteiger partial charge in [-0.1, -0.05) is 84.9 Å². The van der Waals surface area contributed by atoms with Crippen molar-refractivity contribution in [2.45, 2.75) is 28.7 Å². The van der Waals surface area contributed by atoms with E-state index < -0.39 is 0 Å². The second-order valence-electron chi connectivity index (χ2n) is 10.4. The average molecular weight is 624 g/mol. The number of thioether (sulfide) groups is 1. The Balaban J connectivity index is 0.000000167. The van der Waals surface area contributed by atoms with E-state index in [1.165, 1.54) is 15.8 Å². The van der Waals surface area contributed by atoms with Crippen LogP contribution in [0.1, 0.15) is 17.0 Å². The van der Waals surface area contributed by atoms with Gasteiger partial charge in [-0.15, -0.1) is 24.4 Å². The van der Waals surface area contributed by atoms with Gasteiger partial charge in [0.25, 0.3) is 0 Å². The molecule has 1 N–H and O–H groups in total. The highest BCUT2D eigenvalue weighted by Crippen LogP contribution is 2.24. The fraction of sp³-hybridized carbons (Fsp3) is 0.0769. The smallest absolute Gasteiger partial charge is 0.130 e. The Labute approximate surface area is 274 Å². The number of hydrogen-bond acceptors (Lipinski definition) is 6. The Kier molecular flexibility index (Phi) is 10.3. The predicted molar refractivity (Wildman–Crippen MR) is 191 cm³/mol. The zero-order valence-corrected chi connectivity index (χ0v) is 26.4. The van der Waals surface area contributed by atoms with Crippen LogP contribution in [-0.2, 0) is 18.9 Å². The van der Waals surface area contributed by atoms with Crippen LogP contribution in [0, 0.1) is 0 Å². The molecule has 0 saturated heterocycles. The molecule has 2 heterocycles. The van der Waals surface area contributed by atoms with Crippen molar-refractivity contribution in [2.24, 2.45) is 0 Å². The van der Waals surface area contributed by atoms with E-state index in [-0.39, 0.29) is 0 Å². The van der Waals surface area contributed by atoms with Crippen molar-refractivity contribution in [3.63, 3.8) is 0 Å². The first-order valence-corrected chi connectivity index (χ1v) is 16.2. The Morgan fingerprint density at radius 2 is 1.24 bits per heavy atom. The molecule has 0 aliphatic carbocycles. The molecule has 0 radical (unpaired) electrons. The summed E-state index contributed by atoms with van der Waals surface area (Å²) >= 11 is 6.08. The number of para-hydroxylation sites is 2. The molecule has 5 aromatic carbocycles. The van der Waals surface area contributed by atoms with Crippen molar-refractivity contribution in [3.05, 3.63) is 169 Å². The van der Waals surface area contributed by atoms with Gasteiger partial charge >= 0.3 is 0 Å². The Bertz CT molecular complexity index is 1980. The van der Waals surface area contributed by atoms with Crippen LogP contribution in [0.4, 0.5) is 5.69 Å². The molecule has 0 amide bonds. The lowest BCUT2D eigenvalue weighted by molar-refractivity contribution is 0.302. The van der Waals surface area contributed by atoms with E-state index in [0.717, 1.165) is 56.4 Å². The van der Waals surface area contributed by atoms with Gasteiger partial charge in [-0.05, 0) is 66.2 Å². The summed E-state index contributed by atoms with van der Waals surface area (Å²) in [6.07, 6.45) is 0. The fourth-order valence-corrected chi connectivity index (χ4v) is 5.68. The molecule has 6 heteroatoms. The summed E-state index contributed by atoms with van der Waals surface area (Å²) in [4.78, 5) is 11.6. The number of ether oxygens (including phenoxy) is 1. The van der Waals surface area contributed by atoms with Crippen LogP contribution in [0.3, 0.4) is 0 Å². The number of thiol groups is 1. The first-order valence-electron chi connectivity index (χ1n) is 14.8. The molecule has 0 fully saturated rings. The zero-order chi connectivity index (χ0) is 30.7. The van der Waals surface area contributed by atoms with Gasteiger partial charge in [0.05, 0.1) is 22.4 Å². The summed E-state index contributed by atoms with van der Waals surface area (Å²) in [7, 11) is 0. The van der Waals surface area contributed by atoms with Gasteiger partial charge in [0.1, 0.15) is 12.4 Å². The average Bonchev–Trinajstić information content (AvgIpc) is 3.10. The van der Waals surface area contributed by atoms with E-state index in [1.54, 1.807) is 11.8 Å². The molecule has 4 nitrogen and oxygen atoms in total. The highest BCUT2D eigenvalue weighted by molar-refractivity contribution is 7.98. The second-order valence-corrected chi connectivity index (χ2v) is 12.0. The number of anilines is 1. The maximum absolute atomic E-state index is 5.93. The second kappa shape index (κ2) is 15.3. The lowest BCUT2D eigenvalue weighted by atomic mass is 10.2. The van der Waals surface area contributed by atoms with Gasteiger partial charge < -0.3 is 10.1 Å². The number of aromatic nitrogens is 2. The summed E-state index contributed by atoms with van der Waals surface area (Å²) in [5.74, 6) is 1.72. The number of rotatable bonds is 9. The van der Waals surface area contributed by atoms with Crippen LogP contribution in [0.25, 0.3) is 21.8 Å². The largest absolute Gasteiger partial charge is 0.487 e. The number of nitrogens with zero attached hydrogens (tertiary/aromatic N) is 2. The summed E-state index contributed by atoms with van der Waals surface area (Å²) in [5, 5.41) is 5.76. The summed E-state index contributed by atoms with van der Waals surface area (Å²) in [6, 6.07) is 51.2. The highest BCUT2D eigenvalue weighted by atomic mass is 32.2. The number of hydrogen-bond donors (Lipinski definition) is 2. The van der Waals surface area contributed by atoms with E-state index in [4.69, 9.17) is 4.74 Å². The third-order valence-corrected chi connectivity index (χ3v) is 8.44. The quantitative estimate of drug-likeness (QED) is 0.124. The van der Waals surface area contributed by atoms with Crippen LogP contribution < -0.4 is 10.1 Å². The molecule has 0 saturated carbocycles. The van der Waals surface area contributed by atoms with Crippen LogP contribution >= 0.6 is 24.4 Å². The maximum atomic E-state index is 5.93. The molecule has 7 rings (SSSR count). The topological polar surface area (TPSA) is 47.0 Å². The normalized spacial score (nSPS) is 10.7. The van der Waals surface area contributed by atoms with Crippen molar-refractivity contribution >= 4 is 51.9 Å². The molecule has 0 unspecified atom stereocenters. The number of nitrogens with one attached hydrogen (secondary N) is 1. The van der Waals surface area contributed by atoms with Gasteiger partial charge in [-0.3, -0.25) is 4.98 Å². The van der Waals surface area contributed by atoms with Crippen LogP contribution in [0.5, 0.6) is 5.75 Å². The minimum atomic E-state index is 0.451. The molecule has 0 aliphatic heterocycles. The first-order chi connectivity index (χ1) is 22.2. The third-order valence-electron chi connectivity index (χ3n) is 7.10. The van der Waals surface area contributed by atoms with E-state index in [0.29, 0.717) is 6.61 Å². The maximum Gasteiger partial charge on any atom is 0.130 e. The van der Waals surface area contributed by atoms with Crippen LogP contribution in [-0.4, -0.2) is 9.97 Å². The lowest BCUT2D eigenvalue weighted by Gasteiger charge is -2.10. The molecule has 7 aromatic rings. The summed E-state index contributed by atoms with van der Waals surface area (Å²) < 4.78 is 5.93. The molecular formula is C39H33N3OS2. The van der Waals surface area contributed by atoms with Crippen LogP contribution in [0.15, 0.2) is 161 Å². The standard InChI is InChI=1S/C23H20N2O.C16H13NS2/c1-2-7-18(8-3-1)16-24-20-10-6-11-22(15-20)26-17-21-14-13-19-9-4-5-12-23(19)25-21;18-14-7-9-15(10-8-14)19-11-13-6-5-12-3-1-2-4-16(12)17-13/h1-15,24H,16-17H2;1-10,18H,11H2. The Morgan fingerprint density at radius 1 is 0.600 bits per heavy atom. The Hall–Kier alpha value is -4.78. The van der Waals surface area contributed by atoms with Gasteiger partial charge in [0.15, 0.2) is 0 Å². The van der Waals surface area contributed by atoms with Gasteiger partial charge in [0, 0.05) is 44.6 Å². The Morgan fingerprint density at radius 3 is 1.98 bits per heavy atom. The van der Waals surface area contributed by atoms with Crippen molar-refractivity contribution < 1.29 is 4.74 Å². The number of fused-ring (bicyclic) bond motifs is 2. The lowest BCUT2D eigenvalue weighted by Crippen LogP contribution is -2.01. The molecule has 0 spiro atoms. The van der Waals surface area contributed by atoms with Crippen molar-refractivity contribution in [1.29, 1.82) is 0 Å². The molecule has 222 valence electrons. The van der Waals surface area contributed by atoms with E-state index in [9.17, 15) is 0 Å². The van der Waals surface area contributed by atoms with Crippen molar-refractivity contribution in [2.75, 3.05) is 5.32 Å². The molecule has 0 bridgehead atoms. The molecular weight excluding hydrogens is 591 g/mol. The van der Waals surface area contributed by atoms with E-state index >= 15 is 0 Å². The van der Waals surface area contributed by atoms with Crippen LogP contribution in [0.2, 0.25) is 0 Å². The zero-order valence-electron chi connectivity index (χ0n) is 24.7. The van der Waals surface area contributed by atoms with E-state index in [2.05, 4.69) is 88.6 Å². The molecule has 0 atom stereocenters. The SMILES string of the molecule is Sc1ccc(SCc2ccc3ccccc3n2)cc1.c1ccc(CNc2cccc(OCc3ccc4ccccc4n3)c2)cc1. The van der Waals surface area contributed by atoms with Gasteiger partial charge in [0.2, 0.25) is 0 Å². The van der Waals surface area contributed by atoms with Gasteiger partial charge in [-0.25, -0.2) is 4.98 Å². The third kappa shape index (κ3) is 8.88. The molecule has 45 heavy (non-hydrogen) atoms. The first kappa shape index (κ1) is 30.3. The van der Waals surface area contributed by atoms with Gasteiger partial charge in [-0.2, -0.15) is 0 Å². The number of benzene rings is 5. The minimum Gasteiger partial charge on any atom is -0.487 e. The van der Waals surface area contributed by atoms with Crippen molar-refractivity contribution in [3.8, 4) is 5.75 Å². The predicted octanol–water partition coefficient (Wildman–Crippen LogP) is 10.2. The monoisotopic (exact) mass is 623 g/mol. The molecule has 2 aromatic heterocycles. The van der Waals surface area contributed by atoms with E-state index in [1.807, 2.05) is 91.0 Å². The fourth-order valence-electron chi connectivity index (χ4n) is 4.73. The summed E-state index contributed by atoms with van der Waals surface area (Å²) in [5.41, 5.74) is 6.38. The molecule has 0 aliphatic rings. The minimum absolute atomic E-state index is 0.451. The van der Waals surface area contributed by atoms with Crippen molar-refractivity contribution in [1.82, 2.24) is 9.97 Å². The number of pyridine rings is 2. The highest BCUT2D eigenvalue weighted by Gasteiger charge is 2.02.